The van der Waals surface area contributed by atoms with Crippen LogP contribution in [0.3, 0.4) is 0 Å². The van der Waals surface area contributed by atoms with Crippen molar-refractivity contribution in [2.75, 3.05) is 6.61 Å². The molecule has 0 saturated heterocycles. The number of aliphatic hydroxyl groups excluding tert-OH is 1. The predicted molar refractivity (Wildman–Crippen MR) is 54.8 cm³/mol. The minimum Gasteiger partial charge on any atom is -0.395 e. The summed E-state index contributed by atoms with van der Waals surface area (Å²) in [6.07, 6.45) is 0.424. The van der Waals surface area contributed by atoms with E-state index >= 15 is 0 Å². The van der Waals surface area contributed by atoms with Crippen molar-refractivity contribution in [2.24, 2.45) is 0 Å². The summed E-state index contributed by atoms with van der Waals surface area (Å²) in [5.74, 6) is 0. The third-order valence-electron chi connectivity index (χ3n) is 2.17. The van der Waals surface area contributed by atoms with Gasteiger partial charge in [-0.1, -0.05) is 25.1 Å². The van der Waals surface area contributed by atoms with E-state index in [-0.39, 0.29) is 11.5 Å². The van der Waals surface area contributed by atoms with Crippen molar-refractivity contribution in [3.63, 3.8) is 0 Å². The predicted octanol–water partition coefficient (Wildman–Crippen LogP) is 1.23. The average molecular weight is 214 g/mol. The molecule has 1 aromatic rings. The molecular weight excluding hydrogens is 200 g/mol. The zero-order chi connectivity index (χ0) is 10.6. The molecule has 0 aliphatic rings. The van der Waals surface area contributed by atoms with E-state index in [0.29, 0.717) is 6.42 Å². The lowest BCUT2D eigenvalue weighted by Gasteiger charge is -2.12. The summed E-state index contributed by atoms with van der Waals surface area (Å²) >= 11 is 0. The number of hydrogen-bond donors (Lipinski definition) is 1. The van der Waals surface area contributed by atoms with Gasteiger partial charge in [-0.3, -0.25) is 0 Å². The van der Waals surface area contributed by atoms with Crippen LogP contribution in [0.4, 0.5) is 0 Å². The molecule has 78 valence electrons. The third kappa shape index (κ3) is 2.13. The lowest BCUT2D eigenvalue weighted by Crippen LogP contribution is -2.24. The van der Waals surface area contributed by atoms with E-state index in [2.05, 4.69) is 0 Å². The molecule has 1 N–H and O–H groups in total. The van der Waals surface area contributed by atoms with Crippen LogP contribution in [0.15, 0.2) is 35.2 Å². The summed E-state index contributed by atoms with van der Waals surface area (Å²) in [6.45, 7) is 1.43. The van der Waals surface area contributed by atoms with Gasteiger partial charge in [0, 0.05) is 0 Å². The maximum Gasteiger partial charge on any atom is 0.183 e. The van der Waals surface area contributed by atoms with Gasteiger partial charge < -0.3 is 5.11 Å². The molecule has 0 heterocycles. The second-order valence-electron chi connectivity index (χ2n) is 3.07. The fourth-order valence-electron chi connectivity index (χ4n) is 1.25. The Bertz CT molecular complexity index is 366. The zero-order valence-corrected chi connectivity index (χ0v) is 8.87. The Balaban J connectivity index is 3.08. The fourth-order valence-corrected chi connectivity index (χ4v) is 2.81. The highest BCUT2D eigenvalue weighted by atomic mass is 32.2. The van der Waals surface area contributed by atoms with E-state index in [1.807, 2.05) is 0 Å². The van der Waals surface area contributed by atoms with Gasteiger partial charge >= 0.3 is 0 Å². The van der Waals surface area contributed by atoms with Gasteiger partial charge in [0.2, 0.25) is 0 Å². The number of sulfone groups is 1. The Kier molecular flexibility index (Phi) is 3.66. The Labute approximate surface area is 84.3 Å². The SMILES string of the molecule is CCC(CO)S(=O)(=O)c1ccccc1. The quantitative estimate of drug-likeness (QED) is 0.820. The van der Waals surface area contributed by atoms with E-state index in [9.17, 15) is 8.42 Å². The van der Waals surface area contributed by atoms with Crippen LogP contribution in [0.1, 0.15) is 13.3 Å². The van der Waals surface area contributed by atoms with Crippen LogP contribution in [-0.4, -0.2) is 25.4 Å². The van der Waals surface area contributed by atoms with Crippen LogP contribution in [0, 0.1) is 0 Å². The Morgan fingerprint density at radius 2 is 1.86 bits per heavy atom. The zero-order valence-electron chi connectivity index (χ0n) is 8.05. The van der Waals surface area contributed by atoms with Crippen LogP contribution >= 0.6 is 0 Å². The van der Waals surface area contributed by atoms with Gasteiger partial charge in [-0.15, -0.1) is 0 Å². The van der Waals surface area contributed by atoms with Crippen LogP contribution in [-0.2, 0) is 9.84 Å². The second kappa shape index (κ2) is 4.57. The van der Waals surface area contributed by atoms with Gasteiger partial charge in [-0.2, -0.15) is 0 Å². The molecule has 0 amide bonds. The Hall–Kier alpha value is -0.870. The summed E-state index contributed by atoms with van der Waals surface area (Å²) in [5, 5.41) is 8.25. The van der Waals surface area contributed by atoms with Crippen molar-refractivity contribution in [3.05, 3.63) is 30.3 Å². The molecule has 0 radical (unpaired) electrons. The molecule has 0 spiro atoms. The first kappa shape index (κ1) is 11.2. The van der Waals surface area contributed by atoms with Crippen molar-refractivity contribution in [1.29, 1.82) is 0 Å². The highest BCUT2D eigenvalue weighted by Crippen LogP contribution is 2.17. The monoisotopic (exact) mass is 214 g/mol. The first-order valence-corrected chi connectivity index (χ1v) is 6.07. The average Bonchev–Trinajstić information content (AvgIpc) is 2.20. The van der Waals surface area contributed by atoms with Gasteiger partial charge in [0.15, 0.2) is 9.84 Å². The molecule has 14 heavy (non-hydrogen) atoms. The van der Waals surface area contributed by atoms with Crippen LogP contribution in [0.2, 0.25) is 0 Å². The minimum absolute atomic E-state index is 0.279. The molecule has 0 aromatic heterocycles. The van der Waals surface area contributed by atoms with Crippen molar-refractivity contribution in [2.45, 2.75) is 23.5 Å². The fraction of sp³-hybridized carbons (Fsp3) is 0.400. The van der Waals surface area contributed by atoms with Gasteiger partial charge in [-0.25, -0.2) is 8.42 Å². The topological polar surface area (TPSA) is 54.4 Å². The summed E-state index contributed by atoms with van der Waals surface area (Å²) in [4.78, 5) is 0.279. The highest BCUT2D eigenvalue weighted by molar-refractivity contribution is 7.92. The van der Waals surface area contributed by atoms with Crippen LogP contribution in [0.25, 0.3) is 0 Å². The van der Waals surface area contributed by atoms with Crippen molar-refractivity contribution in [1.82, 2.24) is 0 Å². The van der Waals surface area contributed by atoms with Crippen LogP contribution < -0.4 is 0 Å². The van der Waals surface area contributed by atoms with Crippen molar-refractivity contribution in [3.8, 4) is 0 Å². The lowest BCUT2D eigenvalue weighted by atomic mass is 10.3. The summed E-state index contributed by atoms with van der Waals surface area (Å²) < 4.78 is 23.7. The molecule has 1 aromatic carbocycles. The van der Waals surface area contributed by atoms with E-state index in [1.54, 1.807) is 37.3 Å². The third-order valence-corrected chi connectivity index (χ3v) is 4.46. The molecule has 0 fully saturated rings. The smallest absolute Gasteiger partial charge is 0.183 e. The standard InChI is InChI=1S/C10H14O3S/c1-2-9(8-11)14(12,13)10-6-4-3-5-7-10/h3-7,9,11H,2,8H2,1H3. The van der Waals surface area contributed by atoms with Crippen LogP contribution in [0.5, 0.6) is 0 Å². The lowest BCUT2D eigenvalue weighted by molar-refractivity contribution is 0.287. The van der Waals surface area contributed by atoms with Gasteiger partial charge in [0.25, 0.3) is 0 Å². The van der Waals surface area contributed by atoms with E-state index in [0.717, 1.165) is 0 Å². The summed E-state index contributed by atoms with van der Waals surface area (Å²) in [7, 11) is -3.35. The molecule has 3 nitrogen and oxygen atoms in total. The maximum atomic E-state index is 11.8. The number of aliphatic hydroxyl groups is 1. The first-order chi connectivity index (χ1) is 6.62. The normalized spacial score (nSPS) is 13.9. The van der Waals surface area contributed by atoms with Crippen molar-refractivity contribution < 1.29 is 13.5 Å². The van der Waals surface area contributed by atoms with E-state index in [4.69, 9.17) is 5.11 Å². The molecule has 0 aliphatic heterocycles. The number of rotatable bonds is 4. The molecular formula is C10H14O3S. The maximum absolute atomic E-state index is 11.8. The molecule has 0 aliphatic carbocycles. The largest absolute Gasteiger partial charge is 0.395 e. The summed E-state index contributed by atoms with van der Waals surface area (Å²) in [6, 6.07) is 8.22. The van der Waals surface area contributed by atoms with E-state index < -0.39 is 15.1 Å². The Morgan fingerprint density at radius 1 is 1.29 bits per heavy atom. The molecule has 1 atom stereocenters. The minimum atomic E-state index is -3.35. The first-order valence-electron chi connectivity index (χ1n) is 4.52. The number of benzene rings is 1. The summed E-state index contributed by atoms with van der Waals surface area (Å²) in [5.41, 5.74) is 0. The van der Waals surface area contributed by atoms with Gasteiger partial charge in [-0.05, 0) is 18.6 Å². The van der Waals surface area contributed by atoms with Gasteiger partial charge in [0.05, 0.1) is 16.8 Å². The van der Waals surface area contributed by atoms with Crippen molar-refractivity contribution >= 4 is 9.84 Å². The molecule has 0 bridgehead atoms. The molecule has 4 heteroatoms. The highest BCUT2D eigenvalue weighted by Gasteiger charge is 2.24. The number of hydrogen-bond acceptors (Lipinski definition) is 3. The molecule has 1 rings (SSSR count). The Morgan fingerprint density at radius 3 is 2.29 bits per heavy atom. The molecule has 1 unspecified atom stereocenters. The van der Waals surface area contributed by atoms with E-state index in [1.165, 1.54) is 0 Å². The van der Waals surface area contributed by atoms with Gasteiger partial charge in [0.1, 0.15) is 0 Å². The second-order valence-corrected chi connectivity index (χ2v) is 5.30. The molecule has 0 saturated carbocycles.